The summed E-state index contributed by atoms with van der Waals surface area (Å²) in [6.07, 6.45) is 10.8. The van der Waals surface area contributed by atoms with Crippen LogP contribution in [0.3, 0.4) is 0 Å². The van der Waals surface area contributed by atoms with Crippen LogP contribution in [0.5, 0.6) is 0 Å². The summed E-state index contributed by atoms with van der Waals surface area (Å²) in [4.78, 5) is 4.72. The molecule has 24 nitrogen and oxygen atoms in total. The highest BCUT2D eigenvalue weighted by atomic mass is 28.4. The smallest absolute Gasteiger partial charge is 0.379 e. The van der Waals surface area contributed by atoms with Crippen molar-refractivity contribution in [3.63, 3.8) is 0 Å². The Morgan fingerprint density at radius 1 is 0.174 bits per heavy atom. The van der Waals surface area contributed by atoms with Gasteiger partial charge in [-0.05, 0) is 93.2 Å². The van der Waals surface area contributed by atoms with Gasteiger partial charge >= 0.3 is 17.6 Å². The summed E-state index contributed by atoms with van der Waals surface area (Å²) in [5, 5.41) is 0. The van der Waals surface area contributed by atoms with Crippen molar-refractivity contribution < 1.29 is 102 Å². The summed E-state index contributed by atoms with van der Waals surface area (Å²) in [5.41, 5.74) is 0. The predicted octanol–water partition coefficient (Wildman–Crippen LogP) is 8.92. The molecular weight excluding hydrogens is 1230 g/mol. The first-order valence-corrected chi connectivity index (χ1v) is 39.7. The van der Waals surface area contributed by atoms with E-state index in [4.69, 9.17) is 102 Å². The van der Waals surface area contributed by atoms with E-state index in [1.54, 1.807) is 0 Å². The minimum Gasteiger partial charge on any atom is -0.379 e. The van der Waals surface area contributed by atoms with Crippen molar-refractivity contribution >= 4 is 17.6 Å². The lowest BCUT2D eigenvalue weighted by Gasteiger charge is -2.29. The number of unbranched alkanes of at least 4 members (excludes halogenated alkanes) is 4. The average molecular weight is 1370 g/mol. The van der Waals surface area contributed by atoms with Crippen LogP contribution >= 0.6 is 0 Å². The van der Waals surface area contributed by atoms with Gasteiger partial charge in [0.1, 0.15) is 0 Å². The zero-order valence-electron chi connectivity index (χ0n) is 60.5. The van der Waals surface area contributed by atoms with Gasteiger partial charge < -0.3 is 102 Å². The maximum Gasteiger partial charge on any atom is 0.500 e. The van der Waals surface area contributed by atoms with Crippen LogP contribution in [-0.4, -0.2) is 318 Å². The molecule has 0 N–H and O–H groups in total. The molecule has 0 aromatic heterocycles. The minimum atomic E-state index is -2.67. The molecule has 92 heavy (non-hydrogen) atoms. The first-order valence-electron chi connectivity index (χ1n) is 35.9. The molecule has 556 valence electrons. The Balaban J connectivity index is 0. The van der Waals surface area contributed by atoms with Crippen molar-refractivity contribution in [3.8, 4) is 0 Å². The summed E-state index contributed by atoms with van der Waals surface area (Å²) in [5.74, 6) is 0. The Labute approximate surface area is 563 Å². The third-order valence-corrected chi connectivity index (χ3v) is 19.6. The molecule has 0 saturated carbocycles. The van der Waals surface area contributed by atoms with Crippen LogP contribution < -0.4 is 0 Å². The molecular formula is C66H142N2O22Si2. The first kappa shape index (κ1) is 93.5. The van der Waals surface area contributed by atoms with Crippen molar-refractivity contribution in [2.45, 2.75) is 146 Å². The van der Waals surface area contributed by atoms with Crippen molar-refractivity contribution in [2.75, 3.05) is 290 Å². The largest absolute Gasteiger partial charge is 0.500 e. The van der Waals surface area contributed by atoms with E-state index in [0.717, 1.165) is 142 Å². The van der Waals surface area contributed by atoms with Gasteiger partial charge in [-0.2, -0.15) is 0 Å². The van der Waals surface area contributed by atoms with Gasteiger partial charge in [0.25, 0.3) is 0 Å². The lowest BCUT2D eigenvalue weighted by atomic mass is 10.4. The lowest BCUT2D eigenvalue weighted by Crippen LogP contribution is -2.46. The van der Waals surface area contributed by atoms with Gasteiger partial charge in [0.15, 0.2) is 0 Å². The summed E-state index contributed by atoms with van der Waals surface area (Å²) in [6, 6.07) is 1.56. The Hall–Kier alpha value is -0.526. The summed E-state index contributed by atoms with van der Waals surface area (Å²) >= 11 is 0. The van der Waals surface area contributed by atoms with Gasteiger partial charge in [0.05, 0.1) is 185 Å². The van der Waals surface area contributed by atoms with Gasteiger partial charge in [0, 0.05) is 104 Å². The highest BCUT2D eigenvalue weighted by Gasteiger charge is 2.40. The van der Waals surface area contributed by atoms with Crippen LogP contribution in [0.4, 0.5) is 0 Å². The van der Waals surface area contributed by atoms with Gasteiger partial charge in [0.2, 0.25) is 0 Å². The van der Waals surface area contributed by atoms with Crippen LogP contribution in [-0.2, 0) is 102 Å². The van der Waals surface area contributed by atoms with Crippen molar-refractivity contribution in [3.05, 3.63) is 0 Å². The summed E-state index contributed by atoms with van der Waals surface area (Å²) in [7, 11) is -5.33. The summed E-state index contributed by atoms with van der Waals surface area (Å²) in [6.45, 7) is 48.5. The molecule has 0 radical (unpaired) electrons. The molecule has 0 aliphatic carbocycles. The fourth-order valence-corrected chi connectivity index (χ4v) is 13.7. The van der Waals surface area contributed by atoms with Crippen molar-refractivity contribution in [1.29, 1.82) is 0 Å². The molecule has 0 aliphatic heterocycles. The van der Waals surface area contributed by atoms with E-state index < -0.39 is 17.6 Å². The van der Waals surface area contributed by atoms with Crippen molar-refractivity contribution in [2.24, 2.45) is 0 Å². The van der Waals surface area contributed by atoms with Gasteiger partial charge in [-0.3, -0.25) is 9.80 Å². The number of hydrogen-bond acceptors (Lipinski definition) is 24. The van der Waals surface area contributed by atoms with E-state index in [-0.39, 0.29) is 0 Å². The monoisotopic (exact) mass is 1370 g/mol. The topological polar surface area (TPSA) is 210 Å². The van der Waals surface area contributed by atoms with Gasteiger partial charge in [-0.15, -0.1) is 0 Å². The fourth-order valence-electron chi connectivity index (χ4n) is 8.52. The van der Waals surface area contributed by atoms with Crippen molar-refractivity contribution in [1.82, 2.24) is 9.80 Å². The van der Waals surface area contributed by atoms with Gasteiger partial charge in [-0.25, -0.2) is 0 Å². The third kappa shape index (κ3) is 68.0. The minimum absolute atomic E-state index is 0.544. The van der Waals surface area contributed by atoms with Crippen LogP contribution in [0.25, 0.3) is 0 Å². The SMILES string of the molecule is CCCCOCCOCCOCCOCCN(CCC[Si](OCC)(OCC)OCC)CCOCCOCCOCCOCCCC.CCCCOCCOCCOCCOCCN(CCC[Si](OCC)(OCC)OCC)CCOCCOCCOCCOCCCC. The second-order valence-corrected chi connectivity index (χ2v) is 26.5. The van der Waals surface area contributed by atoms with E-state index in [9.17, 15) is 0 Å². The lowest BCUT2D eigenvalue weighted by molar-refractivity contribution is -0.00892. The molecule has 0 spiro atoms. The molecule has 0 aromatic rings. The standard InChI is InChI=1S/2C33H71NO11Si/c2*1-6-11-17-35-21-25-39-29-31-41-27-23-37-19-15-34(14-13-33-46(43-8-3,44-9-4)45-10-5)16-20-38-24-28-42-32-30-40-26-22-36-18-12-7-2/h2*6-33H2,1-5H3. The zero-order valence-corrected chi connectivity index (χ0v) is 62.5. The molecule has 0 amide bonds. The normalized spacial score (nSPS) is 12.1. The molecule has 0 atom stereocenters. The zero-order chi connectivity index (χ0) is 67.3. The van der Waals surface area contributed by atoms with E-state index in [1.807, 2.05) is 41.5 Å². The highest BCUT2D eigenvalue weighted by molar-refractivity contribution is 6.61. The average Bonchev–Trinajstić information content (AvgIpc) is 3.11. The summed E-state index contributed by atoms with van der Waals surface area (Å²) < 4.78 is 126. The second kappa shape index (κ2) is 79.5. The molecule has 0 saturated heterocycles. The molecule has 0 aliphatic rings. The second-order valence-electron chi connectivity index (χ2n) is 21.1. The Morgan fingerprint density at radius 3 is 0.478 bits per heavy atom. The Kier molecular flexibility index (Phi) is 80.8. The van der Waals surface area contributed by atoms with Crippen LogP contribution in [0.2, 0.25) is 12.1 Å². The van der Waals surface area contributed by atoms with Crippen LogP contribution in [0.1, 0.15) is 133 Å². The van der Waals surface area contributed by atoms with E-state index >= 15 is 0 Å². The number of rotatable bonds is 80. The van der Waals surface area contributed by atoms with E-state index in [2.05, 4.69) is 37.5 Å². The Bertz CT molecular complexity index is 1170. The Morgan fingerprint density at radius 2 is 0.326 bits per heavy atom. The first-order chi connectivity index (χ1) is 45.3. The quantitative estimate of drug-likeness (QED) is 0.0411. The number of nitrogens with zero attached hydrogens (tertiary/aromatic N) is 2. The highest BCUT2D eigenvalue weighted by Crippen LogP contribution is 2.20. The molecule has 0 fully saturated rings. The maximum atomic E-state index is 6.03. The fraction of sp³-hybridized carbons (Fsp3) is 1.00. The number of ether oxygens (including phenoxy) is 16. The predicted molar refractivity (Wildman–Crippen MR) is 366 cm³/mol. The van der Waals surface area contributed by atoms with E-state index in [1.165, 1.54) is 0 Å². The molecule has 0 heterocycles. The maximum absolute atomic E-state index is 6.03. The molecule has 26 heteroatoms. The number of hydrogen-bond donors (Lipinski definition) is 0. The molecule has 0 aromatic carbocycles. The van der Waals surface area contributed by atoms with E-state index in [0.29, 0.717) is 225 Å². The molecule has 0 rings (SSSR count). The third-order valence-electron chi connectivity index (χ3n) is 13.3. The van der Waals surface area contributed by atoms with Crippen LogP contribution in [0, 0.1) is 0 Å². The molecule has 0 unspecified atom stereocenters. The molecule has 0 bridgehead atoms. The van der Waals surface area contributed by atoms with Crippen LogP contribution in [0.15, 0.2) is 0 Å². The van der Waals surface area contributed by atoms with Gasteiger partial charge in [-0.1, -0.05) is 53.4 Å².